The van der Waals surface area contributed by atoms with E-state index in [1.807, 2.05) is 19.1 Å². The fourth-order valence-electron chi connectivity index (χ4n) is 2.00. The van der Waals surface area contributed by atoms with Gasteiger partial charge in [0.2, 0.25) is 0 Å². The largest absolute Gasteiger partial charge is 0.497 e. The number of hydrogen-bond donors (Lipinski definition) is 0. The standard InChI is InChI=1S/C15H15NO3/c1-11-6-8-12(9-7-11)15(16(17)18)13-4-3-5-14(10-13)19-2/h3-10,15H,1-2H3. The van der Waals surface area contributed by atoms with Crippen LogP contribution in [0.3, 0.4) is 0 Å². The summed E-state index contributed by atoms with van der Waals surface area (Å²) < 4.78 is 5.12. The quantitative estimate of drug-likeness (QED) is 0.623. The summed E-state index contributed by atoms with van der Waals surface area (Å²) in [5.74, 6) is 0.622. The van der Waals surface area contributed by atoms with E-state index in [0.29, 0.717) is 16.9 Å². The molecule has 0 saturated heterocycles. The molecule has 0 aliphatic heterocycles. The van der Waals surface area contributed by atoms with Gasteiger partial charge in [-0.05, 0) is 19.1 Å². The van der Waals surface area contributed by atoms with Crippen LogP contribution in [-0.2, 0) is 0 Å². The number of methoxy groups -OCH3 is 1. The normalized spacial score (nSPS) is 11.9. The molecule has 0 aromatic heterocycles. The number of nitrogens with zero attached hydrogens (tertiary/aromatic N) is 1. The van der Waals surface area contributed by atoms with E-state index in [0.717, 1.165) is 5.56 Å². The van der Waals surface area contributed by atoms with E-state index in [9.17, 15) is 10.1 Å². The van der Waals surface area contributed by atoms with Crippen molar-refractivity contribution in [2.75, 3.05) is 7.11 Å². The Morgan fingerprint density at radius 1 is 1.11 bits per heavy atom. The monoisotopic (exact) mass is 257 g/mol. The first-order valence-electron chi connectivity index (χ1n) is 5.96. The summed E-state index contributed by atoms with van der Waals surface area (Å²) in [6, 6.07) is 13.5. The molecule has 0 aliphatic rings. The third-order valence-corrected chi connectivity index (χ3v) is 3.01. The highest BCUT2D eigenvalue weighted by Gasteiger charge is 2.25. The summed E-state index contributed by atoms with van der Waals surface area (Å²) in [5, 5.41) is 11.3. The van der Waals surface area contributed by atoms with Gasteiger partial charge < -0.3 is 4.74 Å². The van der Waals surface area contributed by atoms with Gasteiger partial charge in [0, 0.05) is 16.1 Å². The zero-order valence-corrected chi connectivity index (χ0v) is 10.9. The van der Waals surface area contributed by atoms with Crippen LogP contribution in [0.2, 0.25) is 0 Å². The molecule has 2 aromatic carbocycles. The fraction of sp³-hybridized carbons (Fsp3) is 0.200. The lowest BCUT2D eigenvalue weighted by Crippen LogP contribution is -2.12. The predicted octanol–water partition coefficient (Wildman–Crippen LogP) is 3.37. The third-order valence-electron chi connectivity index (χ3n) is 3.01. The first kappa shape index (κ1) is 13.1. The lowest BCUT2D eigenvalue weighted by atomic mass is 9.98. The van der Waals surface area contributed by atoms with Gasteiger partial charge >= 0.3 is 0 Å². The third kappa shape index (κ3) is 2.91. The molecular weight excluding hydrogens is 242 g/mol. The van der Waals surface area contributed by atoms with Crippen molar-refractivity contribution in [3.63, 3.8) is 0 Å². The Kier molecular flexibility index (Phi) is 3.80. The van der Waals surface area contributed by atoms with Gasteiger partial charge in [-0.1, -0.05) is 42.0 Å². The molecule has 19 heavy (non-hydrogen) atoms. The fourth-order valence-corrected chi connectivity index (χ4v) is 2.00. The Morgan fingerprint density at radius 2 is 1.79 bits per heavy atom. The summed E-state index contributed by atoms with van der Waals surface area (Å²) in [7, 11) is 1.55. The van der Waals surface area contributed by atoms with Gasteiger partial charge in [0.05, 0.1) is 7.11 Å². The molecule has 0 bridgehead atoms. The van der Waals surface area contributed by atoms with E-state index in [4.69, 9.17) is 4.74 Å². The van der Waals surface area contributed by atoms with Crippen molar-refractivity contribution in [2.24, 2.45) is 0 Å². The number of rotatable bonds is 4. The minimum atomic E-state index is -0.865. The first-order chi connectivity index (χ1) is 9.11. The molecule has 1 atom stereocenters. The van der Waals surface area contributed by atoms with E-state index >= 15 is 0 Å². The average Bonchev–Trinajstić information content (AvgIpc) is 2.41. The second-order valence-electron chi connectivity index (χ2n) is 4.38. The second-order valence-corrected chi connectivity index (χ2v) is 4.38. The van der Waals surface area contributed by atoms with Crippen molar-refractivity contribution in [1.82, 2.24) is 0 Å². The van der Waals surface area contributed by atoms with E-state index in [2.05, 4.69) is 0 Å². The lowest BCUT2D eigenvalue weighted by molar-refractivity contribution is -0.517. The van der Waals surface area contributed by atoms with Crippen LogP contribution in [0.4, 0.5) is 0 Å². The Balaban J connectivity index is 2.45. The lowest BCUT2D eigenvalue weighted by Gasteiger charge is -2.11. The number of nitro groups is 1. The number of aryl methyl sites for hydroxylation is 1. The van der Waals surface area contributed by atoms with E-state index < -0.39 is 6.04 Å². The van der Waals surface area contributed by atoms with E-state index in [-0.39, 0.29) is 4.92 Å². The van der Waals surface area contributed by atoms with Crippen LogP contribution in [0.1, 0.15) is 22.7 Å². The molecule has 0 aliphatic carbocycles. The van der Waals surface area contributed by atoms with Crippen LogP contribution in [0.5, 0.6) is 5.75 Å². The van der Waals surface area contributed by atoms with E-state index in [1.165, 1.54) is 0 Å². The van der Waals surface area contributed by atoms with Crippen LogP contribution in [0.15, 0.2) is 48.5 Å². The van der Waals surface area contributed by atoms with Gasteiger partial charge in [-0.2, -0.15) is 0 Å². The summed E-state index contributed by atoms with van der Waals surface area (Å²) in [6.07, 6.45) is 0. The van der Waals surface area contributed by atoms with Crippen LogP contribution in [0, 0.1) is 17.0 Å². The zero-order chi connectivity index (χ0) is 13.8. The SMILES string of the molecule is COc1cccc(C(c2ccc(C)cc2)[N+](=O)[O-])c1. The molecule has 98 valence electrons. The van der Waals surface area contributed by atoms with Gasteiger partial charge in [-0.15, -0.1) is 0 Å². The molecular formula is C15H15NO3. The van der Waals surface area contributed by atoms with Crippen LogP contribution < -0.4 is 4.74 Å². The minimum absolute atomic E-state index is 0.278. The number of ether oxygens (including phenoxy) is 1. The average molecular weight is 257 g/mol. The van der Waals surface area contributed by atoms with Gasteiger partial charge in [0.1, 0.15) is 5.75 Å². The van der Waals surface area contributed by atoms with Crippen molar-refractivity contribution < 1.29 is 9.66 Å². The van der Waals surface area contributed by atoms with Crippen molar-refractivity contribution in [3.05, 3.63) is 75.3 Å². The van der Waals surface area contributed by atoms with Crippen molar-refractivity contribution in [1.29, 1.82) is 0 Å². The van der Waals surface area contributed by atoms with Gasteiger partial charge in [0.25, 0.3) is 6.04 Å². The molecule has 0 amide bonds. The molecule has 2 aromatic rings. The van der Waals surface area contributed by atoms with Gasteiger partial charge in [-0.3, -0.25) is 10.1 Å². The molecule has 0 fully saturated rings. The summed E-state index contributed by atoms with van der Waals surface area (Å²) in [6.45, 7) is 1.95. The second kappa shape index (κ2) is 5.52. The highest BCUT2D eigenvalue weighted by molar-refractivity contribution is 5.36. The van der Waals surface area contributed by atoms with Gasteiger partial charge in [0.15, 0.2) is 0 Å². The number of hydrogen-bond acceptors (Lipinski definition) is 3. The molecule has 4 heteroatoms. The van der Waals surface area contributed by atoms with Crippen LogP contribution >= 0.6 is 0 Å². The Hall–Kier alpha value is -2.36. The maximum atomic E-state index is 11.3. The maximum absolute atomic E-state index is 11.3. The van der Waals surface area contributed by atoms with E-state index in [1.54, 1.807) is 43.5 Å². The molecule has 1 unspecified atom stereocenters. The first-order valence-corrected chi connectivity index (χ1v) is 5.96. The molecule has 0 saturated carbocycles. The van der Waals surface area contributed by atoms with Crippen LogP contribution in [-0.4, -0.2) is 12.0 Å². The van der Waals surface area contributed by atoms with Crippen molar-refractivity contribution in [2.45, 2.75) is 13.0 Å². The molecule has 0 spiro atoms. The summed E-state index contributed by atoms with van der Waals surface area (Å²) in [4.78, 5) is 11.1. The summed E-state index contributed by atoms with van der Waals surface area (Å²) in [5.41, 5.74) is 2.37. The molecule has 0 N–H and O–H groups in total. The van der Waals surface area contributed by atoms with Crippen LogP contribution in [0.25, 0.3) is 0 Å². The highest BCUT2D eigenvalue weighted by atomic mass is 16.6. The maximum Gasteiger partial charge on any atom is 0.263 e. The Bertz CT molecular complexity index is 578. The molecule has 2 rings (SSSR count). The highest BCUT2D eigenvalue weighted by Crippen LogP contribution is 2.27. The summed E-state index contributed by atoms with van der Waals surface area (Å²) >= 11 is 0. The Labute approximate surface area is 111 Å². The predicted molar refractivity (Wildman–Crippen MR) is 73.0 cm³/mol. The minimum Gasteiger partial charge on any atom is -0.497 e. The van der Waals surface area contributed by atoms with Crippen molar-refractivity contribution >= 4 is 0 Å². The zero-order valence-electron chi connectivity index (χ0n) is 10.9. The smallest absolute Gasteiger partial charge is 0.263 e. The van der Waals surface area contributed by atoms with Gasteiger partial charge in [-0.25, -0.2) is 0 Å². The number of benzene rings is 2. The Morgan fingerprint density at radius 3 is 2.37 bits per heavy atom. The van der Waals surface area contributed by atoms with Crippen molar-refractivity contribution in [3.8, 4) is 5.75 Å². The topological polar surface area (TPSA) is 52.4 Å². The molecule has 4 nitrogen and oxygen atoms in total. The molecule has 0 radical (unpaired) electrons. The molecule has 0 heterocycles.